The number of hydrogen-bond acceptors (Lipinski definition) is 4. The second-order valence-corrected chi connectivity index (χ2v) is 8.73. The van der Waals surface area contributed by atoms with Crippen LogP contribution in [0.3, 0.4) is 0 Å². The standard InChI is InChI=1S/C28H28ClN3O3/c29-22-14-16-23(17-15-22)35-20-28(34)30-18-8-2-5-13-27-31-24-11-6-7-12-25(24)32(27)19-26(33)21-9-3-1-4-10-21/h1,3-4,6-7,9-12,14-17H,2,5,8,13,18-20H2,(H,30,34). The number of unbranched alkanes of at least 4 members (excludes halogenated alkanes) is 2. The van der Waals surface area contributed by atoms with Crippen LogP contribution in [0.1, 0.15) is 35.4 Å². The lowest BCUT2D eigenvalue weighted by Crippen LogP contribution is -2.29. The van der Waals surface area contributed by atoms with Gasteiger partial charge in [-0.05, 0) is 49.2 Å². The first-order chi connectivity index (χ1) is 17.1. The lowest BCUT2D eigenvalue weighted by molar-refractivity contribution is -0.123. The Hall–Kier alpha value is -3.64. The molecule has 0 aliphatic carbocycles. The van der Waals surface area contributed by atoms with Crippen molar-refractivity contribution in [3.8, 4) is 5.75 Å². The van der Waals surface area contributed by atoms with E-state index in [1.54, 1.807) is 24.3 Å². The maximum absolute atomic E-state index is 12.8. The molecule has 3 aromatic carbocycles. The summed E-state index contributed by atoms with van der Waals surface area (Å²) in [5.74, 6) is 1.44. The number of benzene rings is 3. The van der Waals surface area contributed by atoms with E-state index in [9.17, 15) is 9.59 Å². The van der Waals surface area contributed by atoms with E-state index in [0.29, 0.717) is 22.9 Å². The number of aryl methyl sites for hydroxylation is 1. The maximum Gasteiger partial charge on any atom is 0.257 e. The molecule has 0 atom stereocenters. The molecule has 0 saturated heterocycles. The SMILES string of the molecule is O=C(COc1ccc(Cl)cc1)NCCCCCc1nc2ccccc2n1CC(=O)c1ccccc1. The van der Waals surface area contributed by atoms with E-state index in [-0.39, 0.29) is 24.8 Å². The van der Waals surface area contributed by atoms with Crippen LogP contribution < -0.4 is 10.1 Å². The molecule has 4 aromatic rings. The average Bonchev–Trinajstić information content (AvgIpc) is 3.23. The van der Waals surface area contributed by atoms with E-state index < -0.39 is 0 Å². The van der Waals surface area contributed by atoms with E-state index >= 15 is 0 Å². The van der Waals surface area contributed by atoms with Crippen molar-refractivity contribution in [2.45, 2.75) is 32.2 Å². The van der Waals surface area contributed by atoms with E-state index in [1.807, 2.05) is 59.2 Å². The van der Waals surface area contributed by atoms with Crippen molar-refractivity contribution in [2.75, 3.05) is 13.2 Å². The Morgan fingerprint density at radius 3 is 2.43 bits per heavy atom. The monoisotopic (exact) mass is 489 g/mol. The predicted molar refractivity (Wildman–Crippen MR) is 138 cm³/mol. The summed E-state index contributed by atoms with van der Waals surface area (Å²) in [6, 6.07) is 24.2. The topological polar surface area (TPSA) is 73.2 Å². The first-order valence-electron chi connectivity index (χ1n) is 11.8. The number of para-hydroxylation sites is 2. The van der Waals surface area contributed by atoms with Gasteiger partial charge in [0.1, 0.15) is 11.6 Å². The number of Topliss-reactive ketones (excluding diaryl/α,β-unsaturated/α-hetero) is 1. The molecule has 0 saturated carbocycles. The Morgan fingerprint density at radius 1 is 0.886 bits per heavy atom. The molecule has 0 aliphatic rings. The highest BCUT2D eigenvalue weighted by Crippen LogP contribution is 2.19. The van der Waals surface area contributed by atoms with Crippen molar-refractivity contribution < 1.29 is 14.3 Å². The van der Waals surface area contributed by atoms with Gasteiger partial charge in [0, 0.05) is 23.6 Å². The van der Waals surface area contributed by atoms with Crippen LogP contribution in [0, 0.1) is 0 Å². The molecule has 0 fully saturated rings. The lowest BCUT2D eigenvalue weighted by Gasteiger charge is -2.09. The van der Waals surface area contributed by atoms with Crippen LogP contribution >= 0.6 is 11.6 Å². The summed E-state index contributed by atoms with van der Waals surface area (Å²) < 4.78 is 7.48. The maximum atomic E-state index is 12.8. The molecule has 1 amide bonds. The summed E-state index contributed by atoms with van der Waals surface area (Å²) in [5.41, 5.74) is 2.57. The van der Waals surface area contributed by atoms with E-state index in [4.69, 9.17) is 21.3 Å². The number of nitrogens with zero attached hydrogens (tertiary/aromatic N) is 2. The average molecular weight is 490 g/mol. The van der Waals surface area contributed by atoms with Gasteiger partial charge < -0.3 is 14.6 Å². The van der Waals surface area contributed by atoms with Crippen molar-refractivity contribution >= 4 is 34.3 Å². The zero-order valence-corrected chi connectivity index (χ0v) is 20.2. The van der Waals surface area contributed by atoms with E-state index in [1.165, 1.54) is 0 Å². The van der Waals surface area contributed by atoms with E-state index in [0.717, 1.165) is 42.5 Å². The third kappa shape index (κ3) is 6.93. The fourth-order valence-electron chi connectivity index (χ4n) is 3.90. The molecule has 180 valence electrons. The summed E-state index contributed by atoms with van der Waals surface area (Å²) in [5, 5.41) is 3.51. The Balaban J connectivity index is 1.24. The van der Waals surface area contributed by atoms with Crippen LogP contribution in [0.5, 0.6) is 5.75 Å². The summed E-state index contributed by atoms with van der Waals surface area (Å²) in [6.45, 7) is 0.830. The molecule has 0 aliphatic heterocycles. The number of carbonyl (C=O) groups excluding carboxylic acids is 2. The second kappa shape index (κ2) is 12.2. The molecular weight excluding hydrogens is 462 g/mol. The number of ketones is 1. The molecule has 4 rings (SSSR count). The van der Waals surface area contributed by atoms with E-state index in [2.05, 4.69) is 5.32 Å². The highest BCUT2D eigenvalue weighted by Gasteiger charge is 2.14. The molecule has 1 heterocycles. The Kier molecular flexibility index (Phi) is 8.52. The van der Waals surface area contributed by atoms with Crippen LogP contribution in [0.25, 0.3) is 11.0 Å². The summed E-state index contributed by atoms with van der Waals surface area (Å²) >= 11 is 5.85. The first kappa shape index (κ1) is 24.5. The van der Waals surface area contributed by atoms with Gasteiger partial charge in [0.05, 0.1) is 17.6 Å². The van der Waals surface area contributed by atoms with Crippen LogP contribution in [0.2, 0.25) is 5.02 Å². The molecule has 1 N–H and O–H groups in total. The summed E-state index contributed by atoms with van der Waals surface area (Å²) in [4.78, 5) is 29.6. The normalized spacial score (nSPS) is 10.9. The highest BCUT2D eigenvalue weighted by molar-refractivity contribution is 6.30. The van der Waals surface area contributed by atoms with Crippen molar-refractivity contribution in [2.24, 2.45) is 0 Å². The van der Waals surface area contributed by atoms with Gasteiger partial charge in [-0.15, -0.1) is 0 Å². The van der Waals surface area contributed by atoms with Gasteiger partial charge in [-0.2, -0.15) is 0 Å². The van der Waals surface area contributed by atoms with Gasteiger partial charge in [-0.1, -0.05) is 60.5 Å². The molecule has 0 unspecified atom stereocenters. The van der Waals surface area contributed by atoms with Gasteiger partial charge in [-0.25, -0.2) is 4.98 Å². The minimum absolute atomic E-state index is 0.0267. The zero-order chi connectivity index (χ0) is 24.5. The third-order valence-electron chi connectivity index (χ3n) is 5.71. The quantitative estimate of drug-likeness (QED) is 0.211. The smallest absolute Gasteiger partial charge is 0.257 e. The minimum Gasteiger partial charge on any atom is -0.484 e. The lowest BCUT2D eigenvalue weighted by atomic mass is 10.1. The van der Waals surface area contributed by atoms with Gasteiger partial charge in [0.15, 0.2) is 12.4 Å². The number of nitrogens with one attached hydrogen (secondary N) is 1. The molecule has 7 heteroatoms. The molecule has 35 heavy (non-hydrogen) atoms. The number of hydrogen-bond donors (Lipinski definition) is 1. The fraction of sp³-hybridized carbons (Fsp3) is 0.250. The number of carbonyl (C=O) groups is 2. The Labute approximate surface area is 209 Å². The number of amides is 1. The Morgan fingerprint density at radius 2 is 1.63 bits per heavy atom. The molecule has 0 spiro atoms. The van der Waals surface area contributed by atoms with Crippen LogP contribution in [0.4, 0.5) is 0 Å². The van der Waals surface area contributed by atoms with Crippen molar-refractivity contribution in [3.63, 3.8) is 0 Å². The van der Waals surface area contributed by atoms with Crippen molar-refractivity contribution in [1.29, 1.82) is 0 Å². The van der Waals surface area contributed by atoms with Crippen LogP contribution in [-0.4, -0.2) is 34.4 Å². The third-order valence-corrected chi connectivity index (χ3v) is 5.97. The molecule has 0 bridgehead atoms. The number of rotatable bonds is 12. The number of ether oxygens (including phenoxy) is 1. The minimum atomic E-state index is -0.152. The first-order valence-corrected chi connectivity index (χ1v) is 12.2. The van der Waals surface area contributed by atoms with Gasteiger partial charge in [-0.3, -0.25) is 9.59 Å². The number of imidazole rings is 1. The number of halogens is 1. The molecule has 0 radical (unpaired) electrons. The summed E-state index contributed by atoms with van der Waals surface area (Å²) in [6.07, 6.45) is 3.48. The van der Waals surface area contributed by atoms with Gasteiger partial charge in [0.2, 0.25) is 0 Å². The number of aromatic nitrogens is 2. The largest absolute Gasteiger partial charge is 0.484 e. The zero-order valence-electron chi connectivity index (χ0n) is 19.5. The Bertz CT molecular complexity index is 1270. The van der Waals surface area contributed by atoms with Gasteiger partial charge >= 0.3 is 0 Å². The fourth-order valence-corrected chi connectivity index (χ4v) is 4.02. The highest BCUT2D eigenvalue weighted by atomic mass is 35.5. The van der Waals surface area contributed by atoms with Gasteiger partial charge in [0.25, 0.3) is 5.91 Å². The van der Waals surface area contributed by atoms with Crippen molar-refractivity contribution in [1.82, 2.24) is 14.9 Å². The summed E-state index contributed by atoms with van der Waals surface area (Å²) in [7, 11) is 0. The molecular formula is C28H28ClN3O3. The van der Waals surface area contributed by atoms with Crippen molar-refractivity contribution in [3.05, 3.63) is 95.3 Å². The number of fused-ring (bicyclic) bond motifs is 1. The predicted octanol–water partition coefficient (Wildman–Crippen LogP) is 5.48. The van der Waals surface area contributed by atoms with Crippen LogP contribution in [-0.2, 0) is 17.8 Å². The second-order valence-electron chi connectivity index (χ2n) is 8.30. The molecule has 6 nitrogen and oxygen atoms in total. The van der Waals surface area contributed by atoms with Crippen LogP contribution in [0.15, 0.2) is 78.9 Å². The molecule has 1 aromatic heterocycles.